The highest BCUT2D eigenvalue weighted by Crippen LogP contribution is 2.26. The molecule has 0 spiro atoms. The van der Waals surface area contributed by atoms with Gasteiger partial charge in [0.2, 0.25) is 0 Å². The number of aromatic nitrogens is 4. The first-order valence-electron chi connectivity index (χ1n) is 5.98. The molecule has 4 rings (SSSR count). The van der Waals surface area contributed by atoms with Crippen molar-refractivity contribution in [2.75, 3.05) is 5.73 Å². The molecule has 0 atom stereocenters. The van der Waals surface area contributed by atoms with E-state index in [0.29, 0.717) is 5.82 Å². The van der Waals surface area contributed by atoms with Gasteiger partial charge in [0.15, 0.2) is 0 Å². The van der Waals surface area contributed by atoms with Crippen molar-refractivity contribution in [2.24, 2.45) is 0 Å². The monoisotopic (exact) mass is 249 g/mol. The van der Waals surface area contributed by atoms with Gasteiger partial charge in [0.1, 0.15) is 17.1 Å². The molecule has 3 N–H and O–H groups in total. The number of nitrogen functional groups attached to an aromatic ring is 1. The molecule has 4 aromatic heterocycles. The van der Waals surface area contributed by atoms with Crippen molar-refractivity contribution in [1.29, 1.82) is 0 Å². The summed E-state index contributed by atoms with van der Waals surface area (Å²) in [5.41, 5.74) is 9.54. The van der Waals surface area contributed by atoms with Crippen LogP contribution in [0, 0.1) is 0 Å². The van der Waals surface area contributed by atoms with E-state index in [9.17, 15) is 0 Å². The first kappa shape index (κ1) is 10.1. The highest BCUT2D eigenvalue weighted by atomic mass is 15.0. The van der Waals surface area contributed by atoms with Crippen molar-refractivity contribution in [1.82, 2.24) is 19.4 Å². The molecule has 0 radical (unpaired) electrons. The number of rotatable bonds is 1. The van der Waals surface area contributed by atoms with Crippen molar-refractivity contribution in [3.05, 3.63) is 49.1 Å². The van der Waals surface area contributed by atoms with Crippen molar-refractivity contribution >= 4 is 22.5 Å². The number of anilines is 1. The maximum absolute atomic E-state index is 5.76. The maximum Gasteiger partial charge on any atom is 0.147 e. The van der Waals surface area contributed by atoms with E-state index >= 15 is 0 Å². The molecular formula is C14H11N5. The summed E-state index contributed by atoms with van der Waals surface area (Å²) >= 11 is 0. The molecule has 0 aromatic carbocycles. The van der Waals surface area contributed by atoms with Crippen LogP contribution >= 0.6 is 0 Å². The quantitative estimate of drug-likeness (QED) is 0.544. The molecule has 0 aliphatic carbocycles. The third-order valence-electron chi connectivity index (χ3n) is 3.21. The van der Waals surface area contributed by atoms with Crippen molar-refractivity contribution in [2.45, 2.75) is 0 Å². The molecule has 92 valence electrons. The minimum atomic E-state index is 0.517. The molecule has 5 heteroatoms. The van der Waals surface area contributed by atoms with Crippen LogP contribution in [0.5, 0.6) is 0 Å². The van der Waals surface area contributed by atoms with E-state index < -0.39 is 0 Å². The van der Waals surface area contributed by atoms with E-state index in [0.717, 1.165) is 27.8 Å². The zero-order valence-corrected chi connectivity index (χ0v) is 10.0. The van der Waals surface area contributed by atoms with Gasteiger partial charge in [-0.05, 0) is 24.3 Å². The Kier molecular flexibility index (Phi) is 1.91. The summed E-state index contributed by atoms with van der Waals surface area (Å²) in [5, 5.41) is 1.08. The normalized spacial score (nSPS) is 11.4. The van der Waals surface area contributed by atoms with Gasteiger partial charge in [-0.25, -0.2) is 9.97 Å². The van der Waals surface area contributed by atoms with E-state index in [4.69, 9.17) is 5.73 Å². The molecule has 0 saturated heterocycles. The predicted octanol–water partition coefficient (Wildman–Crippen LogP) is 2.46. The van der Waals surface area contributed by atoms with E-state index in [1.807, 2.05) is 41.2 Å². The fourth-order valence-corrected chi connectivity index (χ4v) is 2.34. The van der Waals surface area contributed by atoms with Crippen molar-refractivity contribution in [3.63, 3.8) is 0 Å². The number of aromatic amines is 1. The zero-order valence-electron chi connectivity index (χ0n) is 10.0. The molecule has 4 heterocycles. The van der Waals surface area contributed by atoms with Crippen LogP contribution in [0.4, 0.5) is 5.82 Å². The standard InChI is InChI=1S/C14H11N5/c15-12-8-19-5-1-2-11(14(19)18-12)10-6-9-3-4-16-13(9)17-7-10/h1-8H,15H2,(H,16,17). The van der Waals surface area contributed by atoms with Gasteiger partial charge in [-0.15, -0.1) is 0 Å². The molecule has 0 bridgehead atoms. The summed E-state index contributed by atoms with van der Waals surface area (Å²) in [4.78, 5) is 11.9. The third kappa shape index (κ3) is 1.48. The molecule has 19 heavy (non-hydrogen) atoms. The van der Waals surface area contributed by atoms with E-state index in [1.165, 1.54) is 0 Å². The average molecular weight is 249 g/mol. The fraction of sp³-hybridized carbons (Fsp3) is 0. The number of nitrogens with zero attached hydrogens (tertiary/aromatic N) is 3. The fourth-order valence-electron chi connectivity index (χ4n) is 2.34. The second-order valence-corrected chi connectivity index (χ2v) is 4.46. The Balaban J connectivity index is 2.02. The Morgan fingerprint density at radius 2 is 2.21 bits per heavy atom. The summed E-state index contributed by atoms with van der Waals surface area (Å²) in [6.45, 7) is 0. The topological polar surface area (TPSA) is 72.0 Å². The minimum Gasteiger partial charge on any atom is -0.382 e. The summed E-state index contributed by atoms with van der Waals surface area (Å²) in [6.07, 6.45) is 7.47. The van der Waals surface area contributed by atoms with Crippen LogP contribution in [-0.4, -0.2) is 19.4 Å². The SMILES string of the molecule is Nc1cn2cccc(-c3cnc4[nH]ccc4c3)c2n1. The molecule has 0 fully saturated rings. The molecular weight excluding hydrogens is 238 g/mol. The van der Waals surface area contributed by atoms with Crippen molar-refractivity contribution < 1.29 is 0 Å². The highest BCUT2D eigenvalue weighted by molar-refractivity contribution is 5.85. The van der Waals surface area contributed by atoms with Crippen LogP contribution in [0.25, 0.3) is 27.8 Å². The predicted molar refractivity (Wildman–Crippen MR) is 74.7 cm³/mol. The van der Waals surface area contributed by atoms with Crippen LogP contribution < -0.4 is 5.73 Å². The van der Waals surface area contributed by atoms with Crippen molar-refractivity contribution in [3.8, 4) is 11.1 Å². The van der Waals surface area contributed by atoms with E-state index in [-0.39, 0.29) is 0 Å². The van der Waals surface area contributed by atoms with Gasteiger partial charge in [0, 0.05) is 35.1 Å². The number of hydrogen-bond donors (Lipinski definition) is 2. The number of fused-ring (bicyclic) bond motifs is 2. The Bertz CT molecular complexity index is 887. The lowest BCUT2D eigenvalue weighted by atomic mass is 10.1. The van der Waals surface area contributed by atoms with Crippen LogP contribution in [0.15, 0.2) is 49.1 Å². The van der Waals surface area contributed by atoms with E-state index in [1.54, 1.807) is 6.20 Å². The van der Waals surface area contributed by atoms with Gasteiger partial charge < -0.3 is 15.1 Å². The lowest BCUT2D eigenvalue weighted by Crippen LogP contribution is -1.88. The van der Waals surface area contributed by atoms with Gasteiger partial charge in [-0.1, -0.05) is 0 Å². The number of hydrogen-bond acceptors (Lipinski definition) is 3. The highest BCUT2D eigenvalue weighted by Gasteiger charge is 2.08. The summed E-state index contributed by atoms with van der Waals surface area (Å²) in [5.74, 6) is 0.517. The number of pyridine rings is 2. The second-order valence-electron chi connectivity index (χ2n) is 4.46. The third-order valence-corrected chi connectivity index (χ3v) is 3.21. The Morgan fingerprint density at radius 3 is 3.16 bits per heavy atom. The van der Waals surface area contributed by atoms with Crippen LogP contribution in [0.2, 0.25) is 0 Å². The first-order valence-corrected chi connectivity index (χ1v) is 5.98. The molecule has 5 nitrogen and oxygen atoms in total. The lowest BCUT2D eigenvalue weighted by Gasteiger charge is -2.03. The average Bonchev–Trinajstić information content (AvgIpc) is 3.01. The molecule has 0 aliphatic heterocycles. The molecule has 4 aromatic rings. The van der Waals surface area contributed by atoms with E-state index in [2.05, 4.69) is 21.0 Å². The van der Waals surface area contributed by atoms with Gasteiger partial charge in [0.05, 0.1) is 6.20 Å². The van der Waals surface area contributed by atoms with Crippen LogP contribution in [0.3, 0.4) is 0 Å². The Labute approximate surface area is 108 Å². The van der Waals surface area contributed by atoms with Gasteiger partial charge in [-0.2, -0.15) is 0 Å². The van der Waals surface area contributed by atoms with Crippen LogP contribution in [0.1, 0.15) is 0 Å². The lowest BCUT2D eigenvalue weighted by molar-refractivity contribution is 1.19. The van der Waals surface area contributed by atoms with Gasteiger partial charge >= 0.3 is 0 Å². The minimum absolute atomic E-state index is 0.517. The Hall–Kier alpha value is -2.82. The molecule has 0 saturated carbocycles. The second kappa shape index (κ2) is 3.58. The maximum atomic E-state index is 5.76. The summed E-state index contributed by atoms with van der Waals surface area (Å²) in [6, 6.07) is 8.10. The molecule has 0 aliphatic rings. The molecule has 0 unspecified atom stereocenters. The summed E-state index contributed by atoms with van der Waals surface area (Å²) in [7, 11) is 0. The zero-order chi connectivity index (χ0) is 12.8. The molecule has 0 amide bonds. The van der Waals surface area contributed by atoms with Crippen LogP contribution in [-0.2, 0) is 0 Å². The Morgan fingerprint density at radius 1 is 1.26 bits per heavy atom. The number of nitrogens with one attached hydrogen (secondary N) is 1. The number of imidazole rings is 1. The van der Waals surface area contributed by atoms with Gasteiger partial charge in [0.25, 0.3) is 0 Å². The largest absolute Gasteiger partial charge is 0.382 e. The van der Waals surface area contributed by atoms with Gasteiger partial charge in [-0.3, -0.25) is 0 Å². The summed E-state index contributed by atoms with van der Waals surface area (Å²) < 4.78 is 1.92. The number of H-pyrrole nitrogens is 1. The number of nitrogens with two attached hydrogens (primary N) is 1. The first-order chi connectivity index (χ1) is 9.31. The smallest absolute Gasteiger partial charge is 0.147 e.